The van der Waals surface area contributed by atoms with Gasteiger partial charge in [-0.3, -0.25) is 9.80 Å². The van der Waals surface area contributed by atoms with Crippen LogP contribution < -0.4 is 4.74 Å². The van der Waals surface area contributed by atoms with Crippen LogP contribution in [0.3, 0.4) is 0 Å². The molecule has 1 fully saturated rings. The molecule has 38 heavy (non-hydrogen) atoms. The minimum absolute atomic E-state index is 0.116. The number of alkyl halides is 3. The zero-order valence-electron chi connectivity index (χ0n) is 21.5. The van der Waals surface area contributed by atoms with Crippen molar-refractivity contribution in [2.45, 2.75) is 57.8 Å². The summed E-state index contributed by atoms with van der Waals surface area (Å²) in [6, 6.07) is 11.0. The number of aromatic nitrogens is 1. The number of fused-ring (bicyclic) bond motifs is 1. The number of aryl methyl sites for hydroxylation is 1. The van der Waals surface area contributed by atoms with E-state index in [4.69, 9.17) is 9.57 Å². The highest BCUT2D eigenvalue weighted by Gasteiger charge is 2.35. The summed E-state index contributed by atoms with van der Waals surface area (Å²) in [5, 5.41) is 15.7. The van der Waals surface area contributed by atoms with Crippen LogP contribution >= 0.6 is 11.3 Å². The van der Waals surface area contributed by atoms with Crippen molar-refractivity contribution in [1.82, 2.24) is 14.8 Å². The first-order valence-electron chi connectivity index (χ1n) is 12.7. The highest BCUT2D eigenvalue weighted by molar-refractivity contribution is 7.18. The molecule has 7 nitrogen and oxygen atoms in total. The summed E-state index contributed by atoms with van der Waals surface area (Å²) in [6.07, 6.45) is -5.18. The predicted octanol–water partition coefficient (Wildman–Crippen LogP) is 4.91. The molecule has 3 aromatic rings. The fourth-order valence-electron chi connectivity index (χ4n) is 5.11. The second-order valence-corrected chi connectivity index (χ2v) is 11.2. The second-order valence-electron chi connectivity index (χ2n) is 10.0. The van der Waals surface area contributed by atoms with Gasteiger partial charge in [0.2, 0.25) is 0 Å². The SMILES string of the molecule is Cc1nc2cc(OC([C@@H](C)O)N3CCN(C[C@H]4CC(c5ccc(C(F)(F)F)cc5)=NO4)C[C@@H]3C)ccc2s1. The van der Waals surface area contributed by atoms with E-state index in [0.29, 0.717) is 36.5 Å². The summed E-state index contributed by atoms with van der Waals surface area (Å²) in [6.45, 7) is 8.70. The molecule has 2 aromatic carbocycles. The number of rotatable bonds is 7. The number of hydrogen-bond donors (Lipinski definition) is 1. The van der Waals surface area contributed by atoms with Crippen molar-refractivity contribution >= 4 is 27.3 Å². The van der Waals surface area contributed by atoms with Crippen molar-refractivity contribution in [3.05, 3.63) is 58.6 Å². The molecule has 1 N–H and O–H groups in total. The van der Waals surface area contributed by atoms with Gasteiger partial charge in [-0.15, -0.1) is 11.3 Å². The Morgan fingerprint density at radius 2 is 1.95 bits per heavy atom. The van der Waals surface area contributed by atoms with Crippen LogP contribution in [0.5, 0.6) is 5.75 Å². The molecule has 1 aromatic heterocycles. The molecule has 1 unspecified atom stereocenters. The normalized spacial score (nSPS) is 22.8. The number of halogens is 3. The predicted molar refractivity (Wildman–Crippen MR) is 141 cm³/mol. The van der Waals surface area contributed by atoms with Crippen molar-refractivity contribution in [3.8, 4) is 5.75 Å². The number of piperazine rings is 1. The van der Waals surface area contributed by atoms with Crippen molar-refractivity contribution in [2.75, 3.05) is 26.2 Å². The molecule has 0 saturated carbocycles. The minimum atomic E-state index is -4.36. The van der Waals surface area contributed by atoms with E-state index in [1.807, 2.05) is 25.1 Å². The van der Waals surface area contributed by atoms with Crippen LogP contribution in [-0.2, 0) is 11.0 Å². The Labute approximate surface area is 223 Å². The molecule has 2 aliphatic rings. The molecule has 2 aliphatic heterocycles. The molecule has 3 heterocycles. The number of nitrogens with zero attached hydrogens (tertiary/aromatic N) is 4. The van der Waals surface area contributed by atoms with Gasteiger partial charge in [-0.2, -0.15) is 13.2 Å². The van der Waals surface area contributed by atoms with Gasteiger partial charge in [-0.05, 0) is 50.6 Å². The molecule has 204 valence electrons. The van der Waals surface area contributed by atoms with Gasteiger partial charge in [0, 0.05) is 44.7 Å². The maximum atomic E-state index is 12.9. The van der Waals surface area contributed by atoms with E-state index in [-0.39, 0.29) is 12.1 Å². The van der Waals surface area contributed by atoms with Crippen molar-refractivity contribution in [3.63, 3.8) is 0 Å². The third-order valence-electron chi connectivity index (χ3n) is 6.97. The third kappa shape index (κ3) is 5.96. The number of benzene rings is 2. The molecule has 0 aliphatic carbocycles. The van der Waals surface area contributed by atoms with Crippen LogP contribution in [0.15, 0.2) is 47.6 Å². The smallest absolute Gasteiger partial charge is 0.416 e. The van der Waals surface area contributed by atoms with Crippen LogP contribution in [-0.4, -0.2) is 76.3 Å². The minimum Gasteiger partial charge on any atom is -0.472 e. The molecular formula is C27H31F3N4O3S. The van der Waals surface area contributed by atoms with Gasteiger partial charge in [0.25, 0.3) is 0 Å². The maximum Gasteiger partial charge on any atom is 0.416 e. The van der Waals surface area contributed by atoms with Crippen molar-refractivity contribution in [1.29, 1.82) is 0 Å². The number of oxime groups is 1. The van der Waals surface area contributed by atoms with Gasteiger partial charge < -0.3 is 14.7 Å². The molecule has 0 amide bonds. The zero-order chi connectivity index (χ0) is 27.0. The lowest BCUT2D eigenvalue weighted by molar-refractivity contribution is -0.137. The second kappa shape index (κ2) is 10.8. The van der Waals surface area contributed by atoms with Gasteiger partial charge in [0.15, 0.2) is 6.23 Å². The first-order valence-corrected chi connectivity index (χ1v) is 13.5. The Bertz CT molecular complexity index is 1290. The Hall–Kier alpha value is -2.73. The van der Waals surface area contributed by atoms with E-state index in [1.54, 1.807) is 18.3 Å². The van der Waals surface area contributed by atoms with Gasteiger partial charge in [-0.1, -0.05) is 17.3 Å². The van der Waals surface area contributed by atoms with Crippen LogP contribution in [0.2, 0.25) is 0 Å². The fraction of sp³-hybridized carbons (Fsp3) is 0.481. The number of hydrogen-bond acceptors (Lipinski definition) is 8. The van der Waals surface area contributed by atoms with Crippen molar-refractivity contribution < 1.29 is 27.9 Å². The molecule has 0 spiro atoms. The Morgan fingerprint density at radius 3 is 2.63 bits per heavy atom. The summed E-state index contributed by atoms with van der Waals surface area (Å²) < 4.78 is 45.9. The summed E-state index contributed by atoms with van der Waals surface area (Å²) in [5.74, 6) is 0.677. The van der Waals surface area contributed by atoms with Crippen LogP contribution in [0.4, 0.5) is 13.2 Å². The van der Waals surface area contributed by atoms with Gasteiger partial charge in [0.1, 0.15) is 18.0 Å². The molecular weight excluding hydrogens is 517 g/mol. The van der Waals surface area contributed by atoms with Gasteiger partial charge in [0.05, 0.1) is 26.5 Å². The standard InChI is InChI=1S/C27H31F3N4O3S/c1-16-14-33(15-22-13-23(32-37-22)19-4-6-20(7-5-19)27(28,29)30)10-11-34(16)26(17(2)35)36-21-8-9-25-24(12-21)31-18(3)38-25/h4-9,12,16-17,22,26,35H,10-11,13-15H2,1-3H3/t16-,17+,22+,26?/m0/s1. The summed E-state index contributed by atoms with van der Waals surface area (Å²) in [5.41, 5.74) is 1.51. The molecule has 4 atom stereocenters. The average molecular weight is 549 g/mol. The summed E-state index contributed by atoms with van der Waals surface area (Å²) in [4.78, 5) is 14.6. The lowest BCUT2D eigenvalue weighted by atomic mass is 10.0. The number of aliphatic hydroxyl groups is 1. The summed E-state index contributed by atoms with van der Waals surface area (Å²) in [7, 11) is 0. The van der Waals surface area contributed by atoms with Crippen molar-refractivity contribution in [2.24, 2.45) is 5.16 Å². The Kier molecular flexibility index (Phi) is 7.63. The first kappa shape index (κ1) is 26.9. The largest absolute Gasteiger partial charge is 0.472 e. The van der Waals surface area contributed by atoms with Gasteiger partial charge >= 0.3 is 6.18 Å². The topological polar surface area (TPSA) is 70.4 Å². The number of thiazole rings is 1. The highest BCUT2D eigenvalue weighted by Crippen LogP contribution is 2.30. The van der Waals surface area contributed by atoms with E-state index in [0.717, 1.165) is 40.4 Å². The van der Waals surface area contributed by atoms with E-state index >= 15 is 0 Å². The van der Waals surface area contributed by atoms with Crippen LogP contribution in [0, 0.1) is 6.92 Å². The van der Waals surface area contributed by atoms with E-state index in [1.165, 1.54) is 12.1 Å². The van der Waals surface area contributed by atoms with Crippen LogP contribution in [0.25, 0.3) is 10.2 Å². The Morgan fingerprint density at radius 1 is 1.18 bits per heavy atom. The highest BCUT2D eigenvalue weighted by atomic mass is 32.1. The molecule has 1 saturated heterocycles. The summed E-state index contributed by atoms with van der Waals surface area (Å²) >= 11 is 1.64. The molecule has 0 bridgehead atoms. The fourth-order valence-corrected chi connectivity index (χ4v) is 5.91. The lowest BCUT2D eigenvalue weighted by Crippen LogP contribution is -2.60. The quantitative estimate of drug-likeness (QED) is 0.453. The van der Waals surface area contributed by atoms with E-state index in [9.17, 15) is 18.3 Å². The molecule has 0 radical (unpaired) electrons. The zero-order valence-corrected chi connectivity index (χ0v) is 22.3. The Balaban J connectivity index is 1.16. The van der Waals surface area contributed by atoms with Gasteiger partial charge in [-0.25, -0.2) is 4.98 Å². The lowest BCUT2D eigenvalue weighted by Gasteiger charge is -2.44. The maximum absolute atomic E-state index is 12.9. The number of aliphatic hydroxyl groups excluding tert-OH is 1. The van der Waals surface area contributed by atoms with E-state index in [2.05, 4.69) is 26.9 Å². The average Bonchev–Trinajstić information content (AvgIpc) is 3.47. The molecule has 5 rings (SSSR count). The third-order valence-corrected chi connectivity index (χ3v) is 7.92. The first-order chi connectivity index (χ1) is 18.1. The number of ether oxygens (including phenoxy) is 1. The van der Waals surface area contributed by atoms with E-state index < -0.39 is 24.1 Å². The van der Waals surface area contributed by atoms with Crippen LogP contribution in [0.1, 0.15) is 36.4 Å². The monoisotopic (exact) mass is 548 g/mol. The molecule has 11 heteroatoms.